The van der Waals surface area contributed by atoms with Crippen molar-refractivity contribution in [2.45, 2.75) is 137 Å². The Balaban J connectivity index is 0.000000365. The van der Waals surface area contributed by atoms with Gasteiger partial charge in [0.05, 0.1) is 37.9 Å². The second-order valence-corrected chi connectivity index (χ2v) is 14.9. The van der Waals surface area contributed by atoms with E-state index in [-0.39, 0.29) is 37.9 Å². The molecule has 0 bridgehead atoms. The minimum absolute atomic E-state index is 0.108. The van der Waals surface area contributed by atoms with Crippen LogP contribution in [-0.4, -0.2) is 66.7 Å². The van der Waals surface area contributed by atoms with E-state index in [9.17, 15) is 29.4 Å². The lowest BCUT2D eigenvalue weighted by Crippen LogP contribution is -2.51. The number of aliphatic hydroxyl groups is 2. The molecule has 3 saturated carbocycles. The predicted octanol–water partition coefficient (Wildman–Crippen LogP) is 6.23. The SMILES string of the molecule is CC(C)CC[C@H](O)[C@@H](C)[C@H]1CC[C@H]2[C@@H]3CC=C4C[C@@H](O)CC[C@]4(C)[C@H]3CC[C@]12C.O=C(O)CCC(=O)O.O=C(O)CCC(=O)O. The Morgan fingerprint density at radius 3 is 1.80 bits per heavy atom. The van der Waals surface area contributed by atoms with E-state index in [0.29, 0.717) is 28.6 Å². The van der Waals surface area contributed by atoms with Gasteiger partial charge in [-0.05, 0) is 111 Å². The van der Waals surface area contributed by atoms with Gasteiger partial charge < -0.3 is 30.6 Å². The van der Waals surface area contributed by atoms with Gasteiger partial charge in [0.25, 0.3) is 0 Å². The molecule has 45 heavy (non-hydrogen) atoms. The number of aliphatic hydroxyl groups excluding tert-OH is 2. The van der Waals surface area contributed by atoms with Crippen LogP contribution in [0.4, 0.5) is 0 Å². The molecule has 3 fully saturated rings. The third-order valence-corrected chi connectivity index (χ3v) is 11.5. The first kappa shape index (κ1) is 38.7. The first-order chi connectivity index (χ1) is 20.9. The number of hydrogen-bond donors (Lipinski definition) is 6. The molecule has 0 heterocycles. The molecule has 10 heteroatoms. The first-order valence-corrected chi connectivity index (χ1v) is 16.8. The number of carboxylic acids is 4. The Hall–Kier alpha value is -2.46. The fourth-order valence-corrected chi connectivity index (χ4v) is 9.01. The summed E-state index contributed by atoms with van der Waals surface area (Å²) in [7, 11) is 0. The molecule has 10 nitrogen and oxygen atoms in total. The van der Waals surface area contributed by atoms with Crippen LogP contribution in [0.5, 0.6) is 0 Å². The van der Waals surface area contributed by atoms with Crippen LogP contribution >= 0.6 is 0 Å². The molecular formula is C35H58O10. The highest BCUT2D eigenvalue weighted by Crippen LogP contribution is 2.67. The average Bonchev–Trinajstić information content (AvgIpc) is 3.31. The number of rotatable bonds is 11. The van der Waals surface area contributed by atoms with E-state index < -0.39 is 23.9 Å². The van der Waals surface area contributed by atoms with E-state index >= 15 is 0 Å². The molecular weight excluding hydrogens is 580 g/mol. The van der Waals surface area contributed by atoms with Gasteiger partial charge in [-0.2, -0.15) is 0 Å². The summed E-state index contributed by atoms with van der Waals surface area (Å²) in [5.74, 6) is -0.0580. The zero-order valence-corrected chi connectivity index (χ0v) is 27.9. The monoisotopic (exact) mass is 638 g/mol. The molecule has 4 rings (SSSR count). The van der Waals surface area contributed by atoms with Crippen molar-refractivity contribution < 1.29 is 49.8 Å². The lowest BCUT2D eigenvalue weighted by molar-refractivity contribution is -0.143. The highest BCUT2D eigenvalue weighted by molar-refractivity contribution is 5.75. The highest BCUT2D eigenvalue weighted by Gasteiger charge is 2.59. The minimum atomic E-state index is -1.08. The molecule has 0 aromatic rings. The number of fused-ring (bicyclic) bond motifs is 5. The Labute approximate surface area is 268 Å². The number of carboxylic acid groups (broad SMARTS) is 4. The number of allylic oxidation sites excluding steroid dienone is 1. The van der Waals surface area contributed by atoms with Gasteiger partial charge in [-0.25, -0.2) is 0 Å². The van der Waals surface area contributed by atoms with Gasteiger partial charge in [-0.15, -0.1) is 0 Å². The van der Waals surface area contributed by atoms with Crippen molar-refractivity contribution in [2.24, 2.45) is 46.3 Å². The van der Waals surface area contributed by atoms with E-state index in [2.05, 4.69) is 40.7 Å². The molecule has 0 spiro atoms. The minimum Gasteiger partial charge on any atom is -0.481 e. The molecule has 0 amide bonds. The second kappa shape index (κ2) is 16.9. The van der Waals surface area contributed by atoms with Gasteiger partial charge in [-0.3, -0.25) is 19.2 Å². The maximum Gasteiger partial charge on any atom is 0.303 e. The number of hydrogen-bond acceptors (Lipinski definition) is 6. The zero-order chi connectivity index (χ0) is 34.1. The number of carbonyl (C=O) groups is 4. The van der Waals surface area contributed by atoms with Crippen molar-refractivity contribution in [3.63, 3.8) is 0 Å². The summed E-state index contributed by atoms with van der Waals surface area (Å²) in [4.78, 5) is 38.6. The first-order valence-electron chi connectivity index (χ1n) is 16.8. The molecule has 4 aliphatic carbocycles. The van der Waals surface area contributed by atoms with Crippen molar-refractivity contribution >= 4 is 23.9 Å². The van der Waals surface area contributed by atoms with Gasteiger partial charge in [0, 0.05) is 0 Å². The summed E-state index contributed by atoms with van der Waals surface area (Å²) < 4.78 is 0. The van der Waals surface area contributed by atoms with E-state index in [1.165, 1.54) is 38.5 Å². The Kier molecular flexibility index (Phi) is 14.6. The van der Waals surface area contributed by atoms with Crippen LogP contribution in [0.1, 0.15) is 125 Å². The largest absolute Gasteiger partial charge is 0.481 e. The van der Waals surface area contributed by atoms with Crippen LogP contribution in [0.3, 0.4) is 0 Å². The fraction of sp³-hybridized carbons (Fsp3) is 0.829. The maximum absolute atomic E-state index is 11.0. The standard InChI is InChI=1S/C27H46O2.2C4H6O4/c1-17(2)6-11-25(29)18(3)22-9-10-23-21-8-7-19-16-20(28)12-14-26(19,4)24(21)13-15-27(22,23)5;2*5-3(6)1-2-4(7)8/h7,17-18,20-25,28-29H,6,8-16H2,1-5H3;2*1-2H2,(H,5,6)(H,7,8)/t18-,20-,21-,22+,23-,24-,25-,26-,27+;;/m0../s1. The van der Waals surface area contributed by atoms with Gasteiger partial charge in [0.2, 0.25) is 0 Å². The highest BCUT2D eigenvalue weighted by atomic mass is 16.4. The Bertz CT molecular complexity index is 997. The van der Waals surface area contributed by atoms with Crippen LogP contribution in [0.25, 0.3) is 0 Å². The molecule has 0 aliphatic heterocycles. The molecule has 6 N–H and O–H groups in total. The van der Waals surface area contributed by atoms with E-state index in [1.807, 2.05) is 0 Å². The molecule has 0 aromatic carbocycles. The fourth-order valence-electron chi connectivity index (χ4n) is 9.01. The summed E-state index contributed by atoms with van der Waals surface area (Å²) in [6.07, 6.45) is 12.9. The van der Waals surface area contributed by atoms with Crippen LogP contribution in [0.2, 0.25) is 0 Å². The quantitative estimate of drug-likeness (QED) is 0.141. The topological polar surface area (TPSA) is 190 Å². The molecule has 0 aromatic heterocycles. The Morgan fingerprint density at radius 2 is 1.31 bits per heavy atom. The third kappa shape index (κ3) is 10.5. The number of aliphatic carboxylic acids is 4. The van der Waals surface area contributed by atoms with Gasteiger partial charge in [-0.1, -0.05) is 46.3 Å². The summed E-state index contributed by atoms with van der Waals surface area (Å²) >= 11 is 0. The molecule has 9 atom stereocenters. The summed E-state index contributed by atoms with van der Waals surface area (Å²) in [5, 5.41) is 52.8. The van der Waals surface area contributed by atoms with Crippen molar-refractivity contribution in [3.05, 3.63) is 11.6 Å². The average molecular weight is 639 g/mol. The maximum atomic E-state index is 11.0. The molecule has 258 valence electrons. The van der Waals surface area contributed by atoms with Crippen LogP contribution in [0, 0.1) is 46.3 Å². The van der Waals surface area contributed by atoms with Crippen molar-refractivity contribution in [2.75, 3.05) is 0 Å². The third-order valence-electron chi connectivity index (χ3n) is 11.5. The Morgan fingerprint density at radius 1 is 0.778 bits per heavy atom. The van der Waals surface area contributed by atoms with Gasteiger partial charge in [0.1, 0.15) is 0 Å². The van der Waals surface area contributed by atoms with E-state index in [1.54, 1.807) is 5.57 Å². The smallest absolute Gasteiger partial charge is 0.303 e. The predicted molar refractivity (Wildman–Crippen MR) is 169 cm³/mol. The van der Waals surface area contributed by atoms with Gasteiger partial charge in [0.15, 0.2) is 0 Å². The lowest BCUT2D eigenvalue weighted by atomic mass is 9.47. The summed E-state index contributed by atoms with van der Waals surface area (Å²) in [6, 6.07) is 0. The summed E-state index contributed by atoms with van der Waals surface area (Å²) in [6.45, 7) is 12.0. The van der Waals surface area contributed by atoms with Crippen LogP contribution < -0.4 is 0 Å². The molecule has 4 aliphatic rings. The van der Waals surface area contributed by atoms with E-state index in [4.69, 9.17) is 20.4 Å². The lowest BCUT2D eigenvalue weighted by Gasteiger charge is -2.58. The van der Waals surface area contributed by atoms with Crippen LogP contribution in [0.15, 0.2) is 11.6 Å². The van der Waals surface area contributed by atoms with Crippen LogP contribution in [-0.2, 0) is 19.2 Å². The summed E-state index contributed by atoms with van der Waals surface area (Å²) in [5.41, 5.74) is 2.33. The second-order valence-electron chi connectivity index (χ2n) is 14.9. The molecule has 0 radical (unpaired) electrons. The zero-order valence-electron chi connectivity index (χ0n) is 27.9. The van der Waals surface area contributed by atoms with Crippen molar-refractivity contribution in [1.29, 1.82) is 0 Å². The normalized spacial score (nSPS) is 33.0. The van der Waals surface area contributed by atoms with Crippen molar-refractivity contribution in [1.82, 2.24) is 0 Å². The van der Waals surface area contributed by atoms with Crippen molar-refractivity contribution in [3.8, 4) is 0 Å². The molecule has 0 unspecified atom stereocenters. The van der Waals surface area contributed by atoms with Gasteiger partial charge >= 0.3 is 23.9 Å². The molecule has 0 saturated heterocycles. The van der Waals surface area contributed by atoms with E-state index in [0.717, 1.165) is 43.4 Å².